The zero-order valence-electron chi connectivity index (χ0n) is 23.0. The van der Waals surface area contributed by atoms with Crippen molar-refractivity contribution in [3.63, 3.8) is 0 Å². The minimum Gasteiger partial charge on any atom is -0.496 e. The van der Waals surface area contributed by atoms with E-state index in [1.807, 2.05) is 31.2 Å². The van der Waals surface area contributed by atoms with Crippen LogP contribution in [0.2, 0.25) is 0 Å². The number of nitrogens with zero attached hydrogens (tertiary/aromatic N) is 2. The Morgan fingerprint density at radius 3 is 2.62 bits per heavy atom. The number of halogens is 1. The zero-order valence-corrected chi connectivity index (χ0v) is 25.4. The number of methoxy groups -OCH3 is 1. The second-order valence-electron chi connectivity index (χ2n) is 10.4. The highest BCUT2D eigenvalue weighted by Crippen LogP contribution is 2.40. The van der Waals surface area contributed by atoms with Crippen molar-refractivity contribution in [2.45, 2.75) is 70.7 Å². The molecule has 216 valence electrons. The minimum atomic E-state index is -0.481. The van der Waals surface area contributed by atoms with Crippen molar-refractivity contribution in [3.8, 4) is 5.75 Å². The Morgan fingerprint density at radius 1 is 1.20 bits per heavy atom. The van der Waals surface area contributed by atoms with Crippen molar-refractivity contribution in [3.05, 3.63) is 60.0 Å². The van der Waals surface area contributed by atoms with Crippen LogP contribution in [0.15, 0.2) is 37.6 Å². The summed E-state index contributed by atoms with van der Waals surface area (Å²) in [6.07, 6.45) is 2.49. The standard InChI is InChI=1S/C29H35BrN2O7S/c1-4-38-24(33)15-18-13-19(14-18)32-27(34)25-17(2)26(30)40-28(25)31(29(32)35)16-23(39-20-9-11-37-12-10-20)21-7-5-6-8-22(21)36-3/h5-8,18-20,23H,4,9-16H2,1-3H3/t18?,19?,23-/m0/s1. The van der Waals surface area contributed by atoms with E-state index in [2.05, 4.69) is 15.9 Å². The zero-order chi connectivity index (χ0) is 28.4. The highest BCUT2D eigenvalue weighted by atomic mass is 79.9. The van der Waals surface area contributed by atoms with Crippen LogP contribution in [-0.4, -0.2) is 48.1 Å². The van der Waals surface area contributed by atoms with E-state index in [9.17, 15) is 14.4 Å². The topological polar surface area (TPSA) is 98.0 Å². The van der Waals surface area contributed by atoms with Crippen LogP contribution in [0.4, 0.5) is 0 Å². The number of esters is 1. The van der Waals surface area contributed by atoms with Crippen molar-refractivity contribution >= 4 is 43.5 Å². The Kier molecular flexibility index (Phi) is 9.14. The highest BCUT2D eigenvalue weighted by molar-refractivity contribution is 9.11. The molecule has 0 radical (unpaired) electrons. The molecule has 2 aliphatic rings. The third-order valence-electron chi connectivity index (χ3n) is 7.88. The fourth-order valence-electron chi connectivity index (χ4n) is 5.71. The molecule has 5 rings (SSSR count). The van der Waals surface area contributed by atoms with Gasteiger partial charge in [-0.3, -0.25) is 18.7 Å². The van der Waals surface area contributed by atoms with E-state index in [0.29, 0.717) is 55.0 Å². The molecule has 40 heavy (non-hydrogen) atoms. The lowest BCUT2D eigenvalue weighted by atomic mass is 9.78. The van der Waals surface area contributed by atoms with Gasteiger partial charge in [-0.2, -0.15) is 0 Å². The van der Waals surface area contributed by atoms with Crippen LogP contribution < -0.4 is 16.0 Å². The van der Waals surface area contributed by atoms with Gasteiger partial charge in [0.1, 0.15) is 16.7 Å². The first kappa shape index (κ1) is 29.0. The summed E-state index contributed by atoms with van der Waals surface area (Å²) in [6, 6.07) is 7.42. The number of fused-ring (bicyclic) bond motifs is 1. The van der Waals surface area contributed by atoms with Crippen molar-refractivity contribution < 1.29 is 23.7 Å². The molecule has 2 fully saturated rings. The summed E-state index contributed by atoms with van der Waals surface area (Å²) in [5.41, 5.74) is 1.02. The highest BCUT2D eigenvalue weighted by Gasteiger charge is 2.36. The lowest BCUT2D eigenvalue weighted by molar-refractivity contribution is -0.145. The molecule has 0 unspecified atom stereocenters. The number of carbonyl (C=O) groups is 1. The van der Waals surface area contributed by atoms with Gasteiger partial charge in [-0.05, 0) is 73.0 Å². The molecule has 1 aromatic carbocycles. The Hall–Kier alpha value is -2.47. The van der Waals surface area contributed by atoms with Crippen LogP contribution in [0.5, 0.6) is 5.75 Å². The molecular formula is C29H35BrN2O7S. The predicted molar refractivity (Wildman–Crippen MR) is 156 cm³/mol. The molecule has 3 aromatic rings. The molecule has 1 saturated heterocycles. The van der Waals surface area contributed by atoms with Gasteiger partial charge in [-0.25, -0.2) is 4.79 Å². The number of thiophene rings is 1. The number of aromatic nitrogens is 2. The number of aryl methyl sites for hydroxylation is 1. The van der Waals surface area contributed by atoms with Gasteiger partial charge >= 0.3 is 11.7 Å². The number of hydrogen-bond donors (Lipinski definition) is 0. The monoisotopic (exact) mass is 634 g/mol. The molecule has 0 bridgehead atoms. The van der Waals surface area contributed by atoms with E-state index in [1.165, 1.54) is 15.9 Å². The smallest absolute Gasteiger partial charge is 0.332 e. The van der Waals surface area contributed by atoms with Gasteiger partial charge in [-0.1, -0.05) is 18.2 Å². The third-order valence-corrected chi connectivity index (χ3v) is 10.1. The quantitative estimate of drug-likeness (QED) is 0.285. The lowest BCUT2D eigenvalue weighted by Gasteiger charge is -2.36. The Morgan fingerprint density at radius 2 is 1.93 bits per heavy atom. The van der Waals surface area contributed by atoms with Crippen LogP contribution in [0, 0.1) is 12.8 Å². The van der Waals surface area contributed by atoms with Crippen LogP contribution in [-0.2, 0) is 25.5 Å². The second-order valence-corrected chi connectivity index (χ2v) is 12.7. The molecule has 0 amide bonds. The van der Waals surface area contributed by atoms with Crippen molar-refractivity contribution in [2.75, 3.05) is 26.9 Å². The molecule has 11 heteroatoms. The molecular weight excluding hydrogens is 600 g/mol. The summed E-state index contributed by atoms with van der Waals surface area (Å²) in [7, 11) is 1.62. The largest absolute Gasteiger partial charge is 0.496 e. The number of para-hydroxylation sites is 1. The van der Waals surface area contributed by atoms with E-state index in [-0.39, 0.29) is 41.8 Å². The summed E-state index contributed by atoms with van der Waals surface area (Å²) in [5.74, 6) is 0.531. The molecule has 0 N–H and O–H groups in total. The van der Waals surface area contributed by atoms with Gasteiger partial charge in [0.05, 0.1) is 35.5 Å². The van der Waals surface area contributed by atoms with E-state index in [1.54, 1.807) is 18.6 Å². The summed E-state index contributed by atoms with van der Waals surface area (Å²) in [4.78, 5) is 40.5. The van der Waals surface area contributed by atoms with E-state index in [4.69, 9.17) is 18.9 Å². The third kappa shape index (κ3) is 5.79. The molecule has 1 atom stereocenters. The number of rotatable bonds is 10. The molecule has 1 saturated carbocycles. The fourth-order valence-corrected chi connectivity index (χ4v) is 7.40. The van der Waals surface area contributed by atoms with Gasteiger partial charge in [0, 0.05) is 31.2 Å². The first-order valence-electron chi connectivity index (χ1n) is 13.8. The van der Waals surface area contributed by atoms with E-state index >= 15 is 0 Å². The van der Waals surface area contributed by atoms with Gasteiger partial charge in [0.2, 0.25) is 0 Å². The van der Waals surface area contributed by atoms with Crippen LogP contribution in [0.25, 0.3) is 10.2 Å². The number of ether oxygens (including phenoxy) is 4. The summed E-state index contributed by atoms with van der Waals surface area (Å²) >= 11 is 4.98. The molecule has 3 heterocycles. The predicted octanol–water partition coefficient (Wildman–Crippen LogP) is 5.15. The van der Waals surface area contributed by atoms with Crippen molar-refractivity contribution in [1.82, 2.24) is 9.13 Å². The molecule has 2 aromatic heterocycles. The number of hydrogen-bond acceptors (Lipinski definition) is 8. The van der Waals surface area contributed by atoms with Crippen LogP contribution >= 0.6 is 27.3 Å². The number of benzene rings is 1. The number of carbonyl (C=O) groups excluding carboxylic acids is 1. The average molecular weight is 636 g/mol. The van der Waals surface area contributed by atoms with Gasteiger partial charge in [0.15, 0.2) is 0 Å². The normalized spacial score (nSPS) is 20.3. The summed E-state index contributed by atoms with van der Waals surface area (Å²) in [5, 5.41) is 0.537. The maximum absolute atomic E-state index is 14.1. The molecule has 0 spiro atoms. The van der Waals surface area contributed by atoms with Crippen molar-refractivity contribution in [2.24, 2.45) is 5.92 Å². The van der Waals surface area contributed by atoms with E-state index < -0.39 is 6.10 Å². The Balaban J connectivity index is 1.55. The average Bonchev–Trinajstić information content (AvgIpc) is 3.23. The fraction of sp³-hybridized carbons (Fsp3) is 0.552. The summed E-state index contributed by atoms with van der Waals surface area (Å²) < 4.78 is 26.8. The molecule has 1 aliphatic carbocycles. The van der Waals surface area contributed by atoms with Crippen LogP contribution in [0.3, 0.4) is 0 Å². The summed E-state index contributed by atoms with van der Waals surface area (Å²) in [6.45, 7) is 5.49. The minimum absolute atomic E-state index is 0.0205. The first-order valence-corrected chi connectivity index (χ1v) is 15.4. The Labute approximate surface area is 245 Å². The SMILES string of the molecule is CCOC(=O)CC1CC(n2c(=O)c3c(C)c(Br)sc3n(C[C@H](OC3CCOCC3)c3ccccc3OC)c2=O)C1. The lowest BCUT2D eigenvalue weighted by Crippen LogP contribution is -2.46. The van der Waals surface area contributed by atoms with Crippen LogP contribution in [0.1, 0.15) is 62.3 Å². The van der Waals surface area contributed by atoms with Gasteiger partial charge in [-0.15, -0.1) is 11.3 Å². The first-order chi connectivity index (χ1) is 19.3. The Bertz CT molecular complexity index is 1480. The molecule has 1 aliphatic heterocycles. The van der Waals surface area contributed by atoms with E-state index in [0.717, 1.165) is 27.8 Å². The van der Waals surface area contributed by atoms with Gasteiger partial charge < -0.3 is 18.9 Å². The van der Waals surface area contributed by atoms with Gasteiger partial charge in [0.25, 0.3) is 5.56 Å². The van der Waals surface area contributed by atoms with Crippen molar-refractivity contribution in [1.29, 1.82) is 0 Å². The second kappa shape index (κ2) is 12.6. The maximum Gasteiger partial charge on any atom is 0.332 e. The molecule has 9 nitrogen and oxygen atoms in total. The maximum atomic E-state index is 14.1.